The van der Waals surface area contributed by atoms with Gasteiger partial charge in [0.2, 0.25) is 0 Å². The predicted molar refractivity (Wildman–Crippen MR) is 88.8 cm³/mol. The molecule has 1 aliphatic rings. The number of rotatable bonds is 4. The molecule has 0 aliphatic carbocycles. The number of fused-ring (bicyclic) bond motifs is 2. The molecule has 1 heterocycles. The van der Waals surface area contributed by atoms with Gasteiger partial charge in [0.05, 0.1) is 25.1 Å². The lowest BCUT2D eigenvalue weighted by Gasteiger charge is -2.16. The van der Waals surface area contributed by atoms with Crippen molar-refractivity contribution in [3.63, 3.8) is 0 Å². The third kappa shape index (κ3) is 3.29. The van der Waals surface area contributed by atoms with E-state index in [2.05, 4.69) is 26.2 Å². The number of hydrogen-bond donors (Lipinski definition) is 2. The van der Waals surface area contributed by atoms with Crippen LogP contribution in [0.5, 0.6) is 5.75 Å². The van der Waals surface area contributed by atoms with E-state index < -0.39 is 6.10 Å². The molecule has 2 N–H and O–H groups in total. The molecule has 0 aromatic heterocycles. The number of hydrogen-bond acceptors (Lipinski definition) is 3. The van der Waals surface area contributed by atoms with Gasteiger partial charge in [0.1, 0.15) is 18.9 Å². The molecule has 0 bridgehead atoms. The van der Waals surface area contributed by atoms with Crippen LogP contribution in [0, 0.1) is 0 Å². The van der Waals surface area contributed by atoms with Gasteiger partial charge in [-0.3, -0.25) is 0 Å². The normalized spacial score (nSPS) is 16.8. The maximum absolute atomic E-state index is 10.6. The van der Waals surface area contributed by atoms with Crippen molar-refractivity contribution in [2.45, 2.75) is 22.3 Å². The van der Waals surface area contributed by atoms with E-state index in [-0.39, 0.29) is 0 Å². The van der Waals surface area contributed by atoms with E-state index in [0.29, 0.717) is 13.0 Å². The first-order valence-electron chi connectivity index (χ1n) is 7.63. The molecule has 22 heavy (non-hydrogen) atoms. The van der Waals surface area contributed by atoms with Gasteiger partial charge in [-0.15, -0.1) is 0 Å². The second-order valence-electron chi connectivity index (χ2n) is 5.91. The van der Waals surface area contributed by atoms with Crippen LogP contribution in [0.1, 0.15) is 17.2 Å². The zero-order valence-electron chi connectivity index (χ0n) is 13.0. The molecule has 3 rings (SSSR count). The van der Waals surface area contributed by atoms with Crippen LogP contribution in [0.25, 0.3) is 0 Å². The summed E-state index contributed by atoms with van der Waals surface area (Å²) in [6.45, 7) is 1.63. The first-order chi connectivity index (χ1) is 10.6. The van der Waals surface area contributed by atoms with Crippen molar-refractivity contribution < 1.29 is 14.7 Å². The molecular formula is C18H22NO2S+. The smallest absolute Gasteiger partial charge is 0.137 e. The molecule has 2 aromatic carbocycles. The number of likely N-dealkylation sites (N-methyl/N-ethyl adjacent to an activating group) is 1. The monoisotopic (exact) mass is 316 g/mol. The van der Waals surface area contributed by atoms with Gasteiger partial charge in [0.15, 0.2) is 0 Å². The Bertz CT molecular complexity index is 657. The largest absolute Gasteiger partial charge is 0.487 e. The second-order valence-corrected chi connectivity index (χ2v) is 6.96. The third-order valence-electron chi connectivity index (χ3n) is 3.83. The van der Waals surface area contributed by atoms with Crippen molar-refractivity contribution in [3.05, 3.63) is 53.6 Å². The Balaban J connectivity index is 1.92. The van der Waals surface area contributed by atoms with Crippen LogP contribution in [-0.4, -0.2) is 32.4 Å². The minimum absolute atomic E-state index is 0.478. The van der Waals surface area contributed by atoms with Gasteiger partial charge in [-0.25, -0.2) is 0 Å². The van der Waals surface area contributed by atoms with Crippen LogP contribution in [0.15, 0.2) is 52.3 Å². The number of aliphatic hydroxyl groups excluding tert-OH is 1. The summed E-state index contributed by atoms with van der Waals surface area (Å²) >= 11 is 1.70. The Morgan fingerprint density at radius 3 is 2.82 bits per heavy atom. The lowest BCUT2D eigenvalue weighted by molar-refractivity contribution is -0.858. The fourth-order valence-corrected chi connectivity index (χ4v) is 3.78. The highest BCUT2D eigenvalue weighted by Crippen LogP contribution is 2.45. The Hall–Kier alpha value is -1.49. The maximum atomic E-state index is 10.6. The number of ether oxygens (including phenoxy) is 1. The first kappa shape index (κ1) is 15.4. The minimum atomic E-state index is -0.478. The third-order valence-corrected chi connectivity index (χ3v) is 5.09. The summed E-state index contributed by atoms with van der Waals surface area (Å²) in [7, 11) is 4.23. The summed E-state index contributed by atoms with van der Waals surface area (Å²) in [4.78, 5) is 3.61. The van der Waals surface area contributed by atoms with Gasteiger partial charge in [0, 0.05) is 11.3 Å². The summed E-state index contributed by atoms with van der Waals surface area (Å²) < 4.78 is 5.98. The van der Waals surface area contributed by atoms with Crippen molar-refractivity contribution >= 4 is 11.8 Å². The van der Waals surface area contributed by atoms with E-state index >= 15 is 0 Å². The van der Waals surface area contributed by atoms with Crippen LogP contribution >= 0.6 is 11.8 Å². The molecule has 4 heteroatoms. The zero-order chi connectivity index (χ0) is 15.5. The number of aliphatic hydroxyl groups is 1. The topological polar surface area (TPSA) is 33.9 Å². The SMILES string of the molecule is C[NH+](C)CCOc1cccc2c1Sc1ccccc1C[C@H]2O. The molecule has 2 aromatic rings. The molecular weight excluding hydrogens is 294 g/mol. The molecule has 0 saturated heterocycles. The van der Waals surface area contributed by atoms with Crippen LogP contribution in [0.4, 0.5) is 0 Å². The Kier molecular flexibility index (Phi) is 4.71. The number of benzene rings is 2. The van der Waals surface area contributed by atoms with Gasteiger partial charge in [0.25, 0.3) is 0 Å². The standard InChI is InChI=1S/C18H21NO2S/c1-19(2)10-11-21-16-8-5-7-14-15(20)12-13-6-3-4-9-17(13)22-18(14)16/h3-9,15,20H,10-12H2,1-2H3/p+1/t15-/m1/s1. The fourth-order valence-electron chi connectivity index (χ4n) is 2.58. The van der Waals surface area contributed by atoms with Crippen molar-refractivity contribution in [1.29, 1.82) is 0 Å². The summed E-state index contributed by atoms with van der Waals surface area (Å²) in [6.07, 6.45) is 0.177. The minimum Gasteiger partial charge on any atom is -0.487 e. The first-order valence-corrected chi connectivity index (χ1v) is 8.45. The molecule has 0 spiro atoms. The highest BCUT2D eigenvalue weighted by molar-refractivity contribution is 7.99. The molecule has 0 fully saturated rings. The Labute approximate surface area is 135 Å². The second kappa shape index (κ2) is 6.73. The average molecular weight is 316 g/mol. The number of quaternary nitrogens is 1. The van der Waals surface area contributed by atoms with Gasteiger partial charge in [-0.1, -0.05) is 42.1 Å². The van der Waals surface area contributed by atoms with E-state index in [1.54, 1.807) is 11.8 Å². The van der Waals surface area contributed by atoms with E-state index in [9.17, 15) is 5.11 Å². The zero-order valence-corrected chi connectivity index (χ0v) is 13.8. The van der Waals surface area contributed by atoms with Gasteiger partial charge < -0.3 is 14.7 Å². The van der Waals surface area contributed by atoms with E-state index in [1.807, 2.05) is 30.3 Å². The summed E-state index contributed by atoms with van der Waals surface area (Å²) in [5.74, 6) is 0.875. The highest BCUT2D eigenvalue weighted by atomic mass is 32.2. The molecule has 1 aliphatic heterocycles. The number of nitrogens with one attached hydrogen (secondary N) is 1. The Morgan fingerprint density at radius 2 is 2.00 bits per heavy atom. The highest BCUT2D eigenvalue weighted by Gasteiger charge is 2.23. The van der Waals surface area contributed by atoms with Crippen molar-refractivity contribution in [1.82, 2.24) is 0 Å². The fraction of sp³-hybridized carbons (Fsp3) is 0.333. The van der Waals surface area contributed by atoms with Crippen molar-refractivity contribution in [2.24, 2.45) is 0 Å². The summed E-state index contributed by atoms with van der Waals surface area (Å²) in [5.41, 5.74) is 2.16. The molecule has 0 saturated carbocycles. The van der Waals surface area contributed by atoms with E-state index in [0.717, 1.165) is 22.8 Å². The van der Waals surface area contributed by atoms with E-state index in [1.165, 1.54) is 15.4 Å². The van der Waals surface area contributed by atoms with Crippen LogP contribution in [0.2, 0.25) is 0 Å². The van der Waals surface area contributed by atoms with E-state index in [4.69, 9.17) is 4.74 Å². The predicted octanol–water partition coefficient (Wildman–Crippen LogP) is 1.95. The van der Waals surface area contributed by atoms with Gasteiger partial charge in [-0.05, 0) is 23.3 Å². The molecule has 3 nitrogen and oxygen atoms in total. The van der Waals surface area contributed by atoms with Crippen LogP contribution < -0.4 is 9.64 Å². The van der Waals surface area contributed by atoms with Gasteiger partial charge >= 0.3 is 0 Å². The lowest BCUT2D eigenvalue weighted by Crippen LogP contribution is -3.06. The van der Waals surface area contributed by atoms with Crippen LogP contribution in [0.3, 0.4) is 0 Å². The maximum Gasteiger partial charge on any atom is 0.137 e. The van der Waals surface area contributed by atoms with Crippen molar-refractivity contribution in [3.8, 4) is 5.75 Å². The van der Waals surface area contributed by atoms with Crippen LogP contribution in [-0.2, 0) is 6.42 Å². The molecule has 0 radical (unpaired) electrons. The molecule has 0 unspecified atom stereocenters. The molecule has 0 amide bonds. The lowest BCUT2D eigenvalue weighted by atomic mass is 10.0. The quantitative estimate of drug-likeness (QED) is 0.905. The molecule has 1 atom stereocenters. The summed E-state index contributed by atoms with van der Waals surface area (Å²) in [5, 5.41) is 10.6. The average Bonchev–Trinajstić information content (AvgIpc) is 2.64. The Morgan fingerprint density at radius 1 is 1.18 bits per heavy atom. The summed E-state index contributed by atoms with van der Waals surface area (Å²) in [6, 6.07) is 14.2. The van der Waals surface area contributed by atoms with Gasteiger partial charge in [-0.2, -0.15) is 0 Å². The molecule has 116 valence electrons. The van der Waals surface area contributed by atoms with Crippen molar-refractivity contribution in [2.75, 3.05) is 27.2 Å².